The number of Topliss-reactive ketones (excluding diaryl/α,β-unsaturated/α-hetero) is 1. The third-order valence-electron chi connectivity index (χ3n) is 3.96. The normalized spacial score (nSPS) is 20.5. The van der Waals surface area contributed by atoms with E-state index in [1.54, 1.807) is 39.0 Å². The Bertz CT molecular complexity index is 703. The van der Waals surface area contributed by atoms with Gasteiger partial charge in [0.1, 0.15) is 11.0 Å². The lowest BCUT2D eigenvalue weighted by Gasteiger charge is -2.22. The third-order valence-corrected chi connectivity index (χ3v) is 4.41. The molecule has 1 atom stereocenters. The van der Waals surface area contributed by atoms with Crippen LogP contribution in [-0.4, -0.2) is 17.5 Å². The van der Waals surface area contributed by atoms with Crippen LogP contribution in [-0.2, 0) is 16.0 Å². The smallest absolute Gasteiger partial charge is 0.412 e. The molecule has 0 unspecified atom stereocenters. The van der Waals surface area contributed by atoms with Crippen molar-refractivity contribution in [2.75, 3.05) is 5.32 Å². The van der Waals surface area contributed by atoms with Gasteiger partial charge < -0.3 is 4.74 Å². The van der Waals surface area contributed by atoms with Gasteiger partial charge in [0.15, 0.2) is 5.78 Å². The van der Waals surface area contributed by atoms with Gasteiger partial charge >= 0.3 is 6.09 Å². The number of nitrogens with one attached hydrogen (secondary N) is 1. The van der Waals surface area contributed by atoms with E-state index in [9.17, 15) is 14.9 Å². The van der Waals surface area contributed by atoms with Gasteiger partial charge in [-0.1, -0.05) is 23.7 Å². The Balaban J connectivity index is 2.21. The first-order valence-electron chi connectivity index (χ1n) is 7.89. The summed E-state index contributed by atoms with van der Waals surface area (Å²) in [5.41, 5.74) is -0.548. The Morgan fingerprint density at radius 3 is 2.71 bits per heavy atom. The average molecular weight is 349 g/mol. The molecule has 1 aliphatic rings. The molecule has 0 aromatic heterocycles. The number of halogens is 1. The number of carbonyl (C=O) groups excluding carboxylic acids is 2. The highest BCUT2D eigenvalue weighted by molar-refractivity contribution is 6.34. The van der Waals surface area contributed by atoms with E-state index in [1.807, 2.05) is 0 Å². The van der Waals surface area contributed by atoms with Crippen LogP contribution in [0.4, 0.5) is 10.5 Å². The van der Waals surface area contributed by atoms with Crippen molar-refractivity contribution in [3.63, 3.8) is 0 Å². The summed E-state index contributed by atoms with van der Waals surface area (Å²) >= 11 is 6.38. The van der Waals surface area contributed by atoms with E-state index in [0.29, 0.717) is 29.1 Å². The molecule has 1 aromatic carbocycles. The minimum absolute atomic E-state index is 0.0356. The zero-order valence-electron chi connectivity index (χ0n) is 14.1. The Morgan fingerprint density at radius 1 is 1.46 bits per heavy atom. The Morgan fingerprint density at radius 2 is 2.17 bits per heavy atom. The first kappa shape index (κ1) is 18.3. The summed E-state index contributed by atoms with van der Waals surface area (Å²) in [7, 11) is 0. The lowest BCUT2D eigenvalue weighted by Crippen LogP contribution is -2.28. The van der Waals surface area contributed by atoms with Crippen molar-refractivity contribution in [1.82, 2.24) is 0 Å². The number of amides is 1. The van der Waals surface area contributed by atoms with Gasteiger partial charge in [0, 0.05) is 6.42 Å². The molecule has 24 heavy (non-hydrogen) atoms. The van der Waals surface area contributed by atoms with Crippen molar-refractivity contribution in [3.05, 3.63) is 28.8 Å². The van der Waals surface area contributed by atoms with Gasteiger partial charge in [-0.15, -0.1) is 0 Å². The fourth-order valence-electron chi connectivity index (χ4n) is 2.83. The number of nitrogens with zero attached hydrogens (tertiary/aromatic N) is 1. The van der Waals surface area contributed by atoms with Gasteiger partial charge in [0.25, 0.3) is 0 Å². The van der Waals surface area contributed by atoms with E-state index in [4.69, 9.17) is 16.3 Å². The monoisotopic (exact) mass is 348 g/mol. The molecular formula is C18H21ClN2O3. The van der Waals surface area contributed by atoms with Crippen LogP contribution >= 0.6 is 11.6 Å². The van der Waals surface area contributed by atoms with Crippen LogP contribution in [0.2, 0.25) is 5.02 Å². The number of carbonyl (C=O) groups is 2. The molecule has 1 N–H and O–H groups in total. The maximum absolute atomic E-state index is 12.1. The Hall–Kier alpha value is -2.06. The maximum atomic E-state index is 12.1. The number of rotatable bonds is 3. The van der Waals surface area contributed by atoms with Crippen LogP contribution in [0.15, 0.2) is 18.2 Å². The number of ketones is 1. The van der Waals surface area contributed by atoms with E-state index >= 15 is 0 Å². The summed E-state index contributed by atoms with van der Waals surface area (Å²) < 4.78 is 5.21. The number of ether oxygens (including phenoxy) is 1. The van der Waals surface area contributed by atoms with Gasteiger partial charge in [0.2, 0.25) is 0 Å². The van der Waals surface area contributed by atoms with E-state index in [1.165, 1.54) is 0 Å². The molecular weight excluding hydrogens is 328 g/mol. The SMILES string of the molecule is CC(C)(C)OC(=O)Nc1cccc(C[C@]2(C#N)CCCC2=O)c1Cl. The molecule has 2 rings (SSSR count). The summed E-state index contributed by atoms with van der Waals surface area (Å²) in [6.07, 6.45) is 1.35. The van der Waals surface area contributed by atoms with Crippen molar-refractivity contribution >= 4 is 29.2 Å². The van der Waals surface area contributed by atoms with Crippen molar-refractivity contribution in [2.45, 2.75) is 52.1 Å². The first-order chi connectivity index (χ1) is 11.2. The van der Waals surface area contributed by atoms with E-state index in [-0.39, 0.29) is 12.2 Å². The molecule has 0 bridgehead atoms. The predicted molar refractivity (Wildman–Crippen MR) is 91.9 cm³/mol. The fraction of sp³-hybridized carbons (Fsp3) is 0.500. The highest BCUT2D eigenvalue weighted by Crippen LogP contribution is 2.40. The quantitative estimate of drug-likeness (QED) is 0.872. The molecule has 0 spiro atoms. The van der Waals surface area contributed by atoms with Crippen molar-refractivity contribution in [2.24, 2.45) is 5.41 Å². The lowest BCUT2D eigenvalue weighted by molar-refractivity contribution is -0.123. The zero-order valence-corrected chi connectivity index (χ0v) is 14.9. The van der Waals surface area contributed by atoms with Crippen molar-refractivity contribution in [3.8, 4) is 6.07 Å². The largest absolute Gasteiger partial charge is 0.444 e. The third kappa shape index (κ3) is 4.07. The van der Waals surface area contributed by atoms with Crippen LogP contribution < -0.4 is 5.32 Å². The van der Waals surface area contributed by atoms with Gasteiger partial charge in [-0.25, -0.2) is 4.79 Å². The zero-order chi connectivity index (χ0) is 18.0. The molecule has 128 valence electrons. The maximum Gasteiger partial charge on any atom is 0.412 e. The molecule has 5 nitrogen and oxygen atoms in total. The second kappa shape index (κ2) is 6.82. The summed E-state index contributed by atoms with van der Waals surface area (Å²) in [5, 5.41) is 12.4. The van der Waals surface area contributed by atoms with Gasteiger partial charge in [-0.05, 0) is 51.7 Å². The second-order valence-corrected chi connectivity index (χ2v) is 7.43. The number of nitriles is 1. The molecule has 0 saturated heterocycles. The van der Waals surface area contributed by atoms with Crippen molar-refractivity contribution < 1.29 is 14.3 Å². The molecule has 6 heteroatoms. The van der Waals surface area contributed by atoms with E-state index in [2.05, 4.69) is 11.4 Å². The summed E-state index contributed by atoms with van der Waals surface area (Å²) in [6.45, 7) is 5.31. The molecule has 1 aromatic rings. The molecule has 1 fully saturated rings. The van der Waals surface area contributed by atoms with Gasteiger partial charge in [-0.2, -0.15) is 5.26 Å². The molecule has 0 heterocycles. The molecule has 1 amide bonds. The minimum atomic E-state index is -1.01. The highest BCUT2D eigenvalue weighted by Gasteiger charge is 2.42. The van der Waals surface area contributed by atoms with Crippen LogP contribution in [0.25, 0.3) is 0 Å². The van der Waals surface area contributed by atoms with Crippen LogP contribution in [0.3, 0.4) is 0 Å². The number of anilines is 1. The topological polar surface area (TPSA) is 79.2 Å². The lowest BCUT2D eigenvalue weighted by atomic mass is 9.80. The number of benzene rings is 1. The Kier molecular flexibility index (Phi) is 5.19. The average Bonchev–Trinajstić information content (AvgIpc) is 2.83. The molecule has 0 radical (unpaired) electrons. The second-order valence-electron chi connectivity index (χ2n) is 7.05. The van der Waals surface area contributed by atoms with Crippen LogP contribution in [0.1, 0.15) is 45.6 Å². The first-order valence-corrected chi connectivity index (χ1v) is 8.27. The van der Waals surface area contributed by atoms with Crippen molar-refractivity contribution in [1.29, 1.82) is 5.26 Å². The van der Waals surface area contributed by atoms with E-state index in [0.717, 1.165) is 6.42 Å². The molecule has 1 aliphatic carbocycles. The number of hydrogen-bond acceptors (Lipinski definition) is 4. The summed E-state index contributed by atoms with van der Waals surface area (Å²) in [6, 6.07) is 7.34. The standard InChI is InChI=1S/C18H21ClN2O3/c1-17(2,3)24-16(23)21-13-7-4-6-12(15(13)19)10-18(11-20)9-5-8-14(18)22/h4,6-7H,5,8-10H2,1-3H3,(H,21,23)/t18-/m0/s1. The highest BCUT2D eigenvalue weighted by atomic mass is 35.5. The predicted octanol–water partition coefficient (Wildman–Crippen LogP) is 4.49. The van der Waals surface area contributed by atoms with E-state index < -0.39 is 17.1 Å². The van der Waals surface area contributed by atoms with Gasteiger partial charge in [-0.3, -0.25) is 10.1 Å². The summed E-state index contributed by atoms with van der Waals surface area (Å²) in [4.78, 5) is 24.0. The molecule has 0 aliphatic heterocycles. The fourth-order valence-corrected chi connectivity index (χ4v) is 3.07. The Labute approximate surface area is 146 Å². The summed E-state index contributed by atoms with van der Waals surface area (Å²) in [5.74, 6) is -0.0356. The minimum Gasteiger partial charge on any atom is -0.444 e. The van der Waals surface area contributed by atoms with Gasteiger partial charge in [0.05, 0.1) is 16.8 Å². The van der Waals surface area contributed by atoms with Crippen LogP contribution in [0, 0.1) is 16.7 Å². The molecule has 1 saturated carbocycles. The van der Waals surface area contributed by atoms with Crippen LogP contribution in [0.5, 0.6) is 0 Å². The number of hydrogen-bond donors (Lipinski definition) is 1.